The minimum absolute atomic E-state index is 0.0219. The molecule has 0 bridgehead atoms. The van der Waals surface area contributed by atoms with Crippen LogP contribution in [0.15, 0.2) is 48.5 Å². The third-order valence-corrected chi connectivity index (χ3v) is 3.29. The van der Waals surface area contributed by atoms with E-state index in [2.05, 4.69) is 6.92 Å². The molecule has 2 aromatic rings. The van der Waals surface area contributed by atoms with Crippen LogP contribution >= 0.6 is 0 Å². The van der Waals surface area contributed by atoms with Crippen LogP contribution in [0.4, 0.5) is 8.78 Å². The van der Waals surface area contributed by atoms with Crippen molar-refractivity contribution in [2.45, 2.75) is 32.6 Å². The molecule has 3 heteroatoms. The normalized spacial score (nSPS) is 11.4. The van der Waals surface area contributed by atoms with Gasteiger partial charge in [0.25, 0.3) is 5.92 Å². The first-order valence-electron chi connectivity index (χ1n) is 6.80. The van der Waals surface area contributed by atoms with E-state index in [0.717, 1.165) is 6.42 Å². The van der Waals surface area contributed by atoms with Crippen LogP contribution in [0.1, 0.15) is 31.4 Å². The summed E-state index contributed by atoms with van der Waals surface area (Å²) in [6, 6.07) is 13.7. The minimum atomic E-state index is -2.78. The molecule has 0 unspecified atom stereocenters. The summed E-state index contributed by atoms with van der Waals surface area (Å²) in [4.78, 5) is 0. The second-order valence-corrected chi connectivity index (χ2v) is 4.68. The lowest BCUT2D eigenvalue weighted by Crippen LogP contribution is -2.10. The maximum absolute atomic E-state index is 13.5. The average molecular weight is 276 g/mol. The molecule has 106 valence electrons. The lowest BCUT2D eigenvalue weighted by molar-refractivity contribution is -0.00830. The number of alkyl halides is 2. The third-order valence-electron chi connectivity index (χ3n) is 3.29. The van der Waals surface area contributed by atoms with Gasteiger partial charge in [-0.25, -0.2) is 8.78 Å². The Balaban J connectivity index is 2.10. The second-order valence-electron chi connectivity index (χ2n) is 4.68. The van der Waals surface area contributed by atoms with Crippen LogP contribution in [0.3, 0.4) is 0 Å². The molecule has 0 aliphatic heterocycles. The molecule has 0 aliphatic rings. The lowest BCUT2D eigenvalue weighted by Gasteiger charge is -2.14. The fraction of sp³-hybridized carbons (Fsp3) is 0.294. The molecule has 0 amide bonds. The standard InChI is InChI=1S/C17H18F2O/c1-3-13-5-9-15(10-6-13)20-16-11-7-14(8-12-16)17(18,19)4-2/h5-12H,3-4H2,1-2H3. The molecule has 1 nitrogen and oxygen atoms in total. The molecule has 0 atom stereocenters. The summed E-state index contributed by atoms with van der Waals surface area (Å²) in [6.07, 6.45) is 0.771. The van der Waals surface area contributed by atoms with Crippen molar-refractivity contribution in [2.24, 2.45) is 0 Å². The molecule has 0 spiro atoms. The summed E-state index contributed by atoms with van der Waals surface area (Å²) >= 11 is 0. The summed E-state index contributed by atoms with van der Waals surface area (Å²) in [5.74, 6) is -1.51. The van der Waals surface area contributed by atoms with Gasteiger partial charge in [-0.15, -0.1) is 0 Å². The van der Waals surface area contributed by atoms with E-state index < -0.39 is 5.92 Å². The zero-order valence-corrected chi connectivity index (χ0v) is 11.7. The first-order chi connectivity index (χ1) is 9.55. The van der Waals surface area contributed by atoms with Crippen molar-refractivity contribution >= 4 is 0 Å². The van der Waals surface area contributed by atoms with Crippen LogP contribution in [-0.2, 0) is 12.3 Å². The Labute approximate surface area is 118 Å². The van der Waals surface area contributed by atoms with Crippen LogP contribution < -0.4 is 4.74 Å². The highest BCUT2D eigenvalue weighted by atomic mass is 19.3. The Morgan fingerprint density at radius 2 is 1.35 bits per heavy atom. The topological polar surface area (TPSA) is 9.23 Å². The van der Waals surface area contributed by atoms with Crippen LogP contribution in [-0.4, -0.2) is 0 Å². The van der Waals surface area contributed by atoms with Crippen molar-refractivity contribution < 1.29 is 13.5 Å². The van der Waals surface area contributed by atoms with E-state index >= 15 is 0 Å². The highest BCUT2D eigenvalue weighted by Gasteiger charge is 2.28. The van der Waals surface area contributed by atoms with Gasteiger partial charge in [-0.05, 0) is 48.4 Å². The summed E-state index contributed by atoms with van der Waals surface area (Å²) < 4.78 is 32.6. The van der Waals surface area contributed by atoms with Crippen molar-refractivity contribution in [3.63, 3.8) is 0 Å². The summed E-state index contributed by atoms with van der Waals surface area (Å²) in [5, 5.41) is 0. The number of halogens is 2. The van der Waals surface area contributed by atoms with E-state index in [1.54, 1.807) is 12.1 Å². The Morgan fingerprint density at radius 1 is 0.850 bits per heavy atom. The Bertz CT molecular complexity index is 544. The largest absolute Gasteiger partial charge is 0.457 e. The molecule has 0 aromatic heterocycles. The van der Waals surface area contributed by atoms with Crippen LogP contribution in [0.2, 0.25) is 0 Å². The van der Waals surface area contributed by atoms with Crippen molar-refractivity contribution in [1.29, 1.82) is 0 Å². The highest BCUT2D eigenvalue weighted by molar-refractivity contribution is 5.35. The molecule has 0 N–H and O–H groups in total. The van der Waals surface area contributed by atoms with E-state index in [0.29, 0.717) is 11.5 Å². The van der Waals surface area contributed by atoms with Gasteiger partial charge >= 0.3 is 0 Å². The van der Waals surface area contributed by atoms with Gasteiger partial charge in [0, 0.05) is 12.0 Å². The summed E-state index contributed by atoms with van der Waals surface area (Å²) in [7, 11) is 0. The average Bonchev–Trinajstić information content (AvgIpc) is 2.48. The Morgan fingerprint density at radius 3 is 1.80 bits per heavy atom. The van der Waals surface area contributed by atoms with E-state index in [1.165, 1.54) is 24.6 Å². The fourth-order valence-electron chi connectivity index (χ4n) is 1.90. The number of rotatable bonds is 5. The van der Waals surface area contributed by atoms with Gasteiger partial charge < -0.3 is 4.74 Å². The maximum Gasteiger partial charge on any atom is 0.273 e. The number of benzene rings is 2. The zero-order chi connectivity index (χ0) is 14.6. The third kappa shape index (κ3) is 3.35. The SMILES string of the molecule is CCc1ccc(Oc2ccc(C(F)(F)CC)cc2)cc1. The molecule has 2 rings (SSSR count). The van der Waals surface area contributed by atoms with Crippen molar-refractivity contribution in [2.75, 3.05) is 0 Å². The van der Waals surface area contributed by atoms with Gasteiger partial charge in [-0.2, -0.15) is 0 Å². The number of hydrogen-bond donors (Lipinski definition) is 0. The smallest absolute Gasteiger partial charge is 0.273 e. The van der Waals surface area contributed by atoms with E-state index in [4.69, 9.17) is 4.74 Å². The van der Waals surface area contributed by atoms with Gasteiger partial charge in [0.15, 0.2) is 0 Å². The first kappa shape index (κ1) is 14.5. The minimum Gasteiger partial charge on any atom is -0.457 e. The van der Waals surface area contributed by atoms with Crippen LogP contribution in [0.25, 0.3) is 0 Å². The van der Waals surface area contributed by atoms with Gasteiger partial charge in [0.1, 0.15) is 11.5 Å². The van der Waals surface area contributed by atoms with E-state index in [9.17, 15) is 8.78 Å². The number of hydrogen-bond acceptors (Lipinski definition) is 1. The summed E-state index contributed by atoms with van der Waals surface area (Å²) in [5.41, 5.74) is 1.25. The Hall–Kier alpha value is -1.90. The molecular formula is C17H18F2O. The predicted molar refractivity (Wildman–Crippen MR) is 76.5 cm³/mol. The molecule has 0 heterocycles. The van der Waals surface area contributed by atoms with Gasteiger partial charge in [-0.3, -0.25) is 0 Å². The first-order valence-corrected chi connectivity index (χ1v) is 6.80. The number of aryl methyl sites for hydroxylation is 1. The molecule has 0 radical (unpaired) electrons. The van der Waals surface area contributed by atoms with Crippen LogP contribution in [0.5, 0.6) is 11.5 Å². The van der Waals surface area contributed by atoms with E-state index in [1.807, 2.05) is 24.3 Å². The van der Waals surface area contributed by atoms with Crippen molar-refractivity contribution in [3.05, 3.63) is 59.7 Å². The van der Waals surface area contributed by atoms with E-state index in [-0.39, 0.29) is 12.0 Å². The van der Waals surface area contributed by atoms with Crippen molar-refractivity contribution in [1.82, 2.24) is 0 Å². The molecule has 0 saturated carbocycles. The van der Waals surface area contributed by atoms with Crippen LogP contribution in [0, 0.1) is 0 Å². The monoisotopic (exact) mass is 276 g/mol. The molecule has 0 saturated heterocycles. The molecule has 2 aromatic carbocycles. The fourth-order valence-corrected chi connectivity index (χ4v) is 1.90. The molecule has 20 heavy (non-hydrogen) atoms. The van der Waals surface area contributed by atoms with Gasteiger partial charge in [0.2, 0.25) is 0 Å². The summed E-state index contributed by atoms with van der Waals surface area (Å²) in [6.45, 7) is 3.56. The lowest BCUT2D eigenvalue weighted by atomic mass is 10.1. The Kier molecular flexibility index (Phi) is 4.38. The highest BCUT2D eigenvalue weighted by Crippen LogP contribution is 2.32. The molecule has 0 aliphatic carbocycles. The zero-order valence-electron chi connectivity index (χ0n) is 11.7. The predicted octanol–water partition coefficient (Wildman–Crippen LogP) is 5.54. The maximum atomic E-state index is 13.5. The van der Waals surface area contributed by atoms with Gasteiger partial charge in [-0.1, -0.05) is 26.0 Å². The van der Waals surface area contributed by atoms with Gasteiger partial charge in [0.05, 0.1) is 0 Å². The molecular weight excluding hydrogens is 258 g/mol. The van der Waals surface area contributed by atoms with Crippen molar-refractivity contribution in [3.8, 4) is 11.5 Å². The molecule has 0 fully saturated rings. The quantitative estimate of drug-likeness (QED) is 0.696. The number of ether oxygens (including phenoxy) is 1. The second kappa shape index (κ2) is 6.04.